The van der Waals surface area contributed by atoms with E-state index in [1.54, 1.807) is 7.05 Å². The number of nitrogens with zero attached hydrogens (tertiary/aromatic N) is 2. The third-order valence-electron chi connectivity index (χ3n) is 2.81. The molecule has 0 saturated carbocycles. The number of aromatic amines is 1. The van der Waals surface area contributed by atoms with Crippen molar-refractivity contribution < 1.29 is 14.7 Å². The molecule has 1 rings (SSSR count). The number of hydrogen-bond donors (Lipinski definition) is 3. The van der Waals surface area contributed by atoms with Gasteiger partial charge in [-0.15, -0.1) is 0 Å². The Morgan fingerprint density at radius 1 is 1.43 bits per heavy atom. The van der Waals surface area contributed by atoms with E-state index < -0.39 is 29.7 Å². The number of amides is 1. The number of H-pyrrole nitrogens is 1. The second kappa shape index (κ2) is 7.39. The zero-order valence-electron chi connectivity index (χ0n) is 11.9. The zero-order valence-corrected chi connectivity index (χ0v) is 11.9. The van der Waals surface area contributed by atoms with E-state index in [9.17, 15) is 19.2 Å². The predicted octanol–water partition coefficient (Wildman–Crippen LogP) is -2.02. The van der Waals surface area contributed by atoms with Gasteiger partial charge in [-0.2, -0.15) is 0 Å². The maximum absolute atomic E-state index is 12.1. The first kappa shape index (κ1) is 16.6. The number of hydrogen-bond acceptors (Lipinski definition) is 5. The number of aliphatic carboxylic acids is 1. The van der Waals surface area contributed by atoms with Crippen LogP contribution in [0, 0.1) is 6.92 Å². The monoisotopic (exact) mass is 298 g/mol. The van der Waals surface area contributed by atoms with Gasteiger partial charge in [-0.05, 0) is 14.0 Å². The van der Waals surface area contributed by atoms with Gasteiger partial charge in [0.2, 0.25) is 5.91 Å². The smallest absolute Gasteiger partial charge is 0.328 e. The molecule has 1 aromatic rings. The number of carbonyl (C=O) groups excluding carboxylic acids is 1. The molecule has 0 saturated heterocycles. The molecule has 0 bridgehead atoms. The Bertz CT molecular complexity index is 633. The summed E-state index contributed by atoms with van der Waals surface area (Å²) < 4.78 is 1.05. The van der Waals surface area contributed by atoms with Gasteiger partial charge in [0.1, 0.15) is 13.1 Å². The molecule has 21 heavy (non-hydrogen) atoms. The number of carboxylic acid groups (broad SMARTS) is 1. The van der Waals surface area contributed by atoms with Gasteiger partial charge in [0.15, 0.2) is 0 Å². The van der Waals surface area contributed by atoms with Crippen molar-refractivity contribution in [2.75, 3.05) is 26.7 Å². The molecule has 3 N–H and O–H groups in total. The highest BCUT2D eigenvalue weighted by molar-refractivity contribution is 5.81. The van der Waals surface area contributed by atoms with Crippen LogP contribution >= 0.6 is 0 Å². The second-order valence-electron chi connectivity index (χ2n) is 4.51. The summed E-state index contributed by atoms with van der Waals surface area (Å²) in [5, 5.41) is 11.6. The Kier molecular flexibility index (Phi) is 5.85. The van der Waals surface area contributed by atoms with Gasteiger partial charge in [0, 0.05) is 24.8 Å². The van der Waals surface area contributed by atoms with Crippen LogP contribution in [0.2, 0.25) is 0 Å². The third kappa shape index (κ3) is 4.88. The van der Waals surface area contributed by atoms with Crippen LogP contribution in [0.3, 0.4) is 0 Å². The summed E-state index contributed by atoms with van der Waals surface area (Å²) >= 11 is 0. The molecule has 9 heteroatoms. The highest BCUT2D eigenvalue weighted by Crippen LogP contribution is 1.94. The molecule has 1 aromatic heterocycles. The quantitative estimate of drug-likeness (QED) is 0.533. The van der Waals surface area contributed by atoms with Gasteiger partial charge in [0.05, 0.1) is 0 Å². The number of carbonyl (C=O) groups is 2. The van der Waals surface area contributed by atoms with Crippen molar-refractivity contribution in [3.63, 3.8) is 0 Å². The van der Waals surface area contributed by atoms with Crippen molar-refractivity contribution in [2.24, 2.45) is 0 Å². The van der Waals surface area contributed by atoms with E-state index in [0.29, 0.717) is 12.1 Å². The summed E-state index contributed by atoms with van der Waals surface area (Å²) in [5.74, 6) is -1.65. The van der Waals surface area contributed by atoms with Gasteiger partial charge in [-0.25, -0.2) is 4.79 Å². The fourth-order valence-corrected chi connectivity index (χ4v) is 1.68. The lowest BCUT2D eigenvalue weighted by atomic mass is 10.3. The molecule has 0 fully saturated rings. The van der Waals surface area contributed by atoms with Crippen molar-refractivity contribution >= 4 is 11.9 Å². The molecular formula is C12H18N4O5. The molecule has 0 atom stereocenters. The molecule has 9 nitrogen and oxygen atoms in total. The Hall–Kier alpha value is -2.42. The molecule has 0 aliphatic carbocycles. The van der Waals surface area contributed by atoms with Gasteiger partial charge >= 0.3 is 11.7 Å². The van der Waals surface area contributed by atoms with Crippen molar-refractivity contribution in [3.05, 3.63) is 32.6 Å². The van der Waals surface area contributed by atoms with E-state index in [1.165, 1.54) is 13.1 Å². The lowest BCUT2D eigenvalue weighted by molar-refractivity contribution is -0.144. The summed E-state index contributed by atoms with van der Waals surface area (Å²) in [6, 6.07) is 0. The minimum atomic E-state index is -1.13. The van der Waals surface area contributed by atoms with E-state index >= 15 is 0 Å². The summed E-state index contributed by atoms with van der Waals surface area (Å²) in [6.45, 7) is 1.37. The van der Waals surface area contributed by atoms with Gasteiger partial charge < -0.3 is 15.3 Å². The van der Waals surface area contributed by atoms with Crippen LogP contribution in [-0.4, -0.2) is 58.1 Å². The summed E-state index contributed by atoms with van der Waals surface area (Å²) in [4.78, 5) is 48.9. The minimum Gasteiger partial charge on any atom is -0.480 e. The summed E-state index contributed by atoms with van der Waals surface area (Å²) in [6.07, 6.45) is 1.27. The first-order valence-electron chi connectivity index (χ1n) is 6.29. The van der Waals surface area contributed by atoms with Crippen molar-refractivity contribution in [3.8, 4) is 0 Å². The number of aromatic nitrogens is 2. The van der Waals surface area contributed by atoms with Gasteiger partial charge in [-0.3, -0.25) is 23.9 Å². The lowest BCUT2D eigenvalue weighted by Crippen LogP contribution is -2.43. The van der Waals surface area contributed by atoms with Crippen LogP contribution in [0.5, 0.6) is 0 Å². The lowest BCUT2D eigenvalue weighted by Gasteiger charge is -2.21. The van der Waals surface area contributed by atoms with Crippen LogP contribution in [0.1, 0.15) is 5.56 Å². The maximum Gasteiger partial charge on any atom is 0.328 e. The third-order valence-corrected chi connectivity index (χ3v) is 2.81. The van der Waals surface area contributed by atoms with E-state index in [4.69, 9.17) is 5.11 Å². The van der Waals surface area contributed by atoms with Gasteiger partial charge in [-0.1, -0.05) is 0 Å². The largest absolute Gasteiger partial charge is 0.480 e. The average Bonchev–Trinajstić information content (AvgIpc) is 2.40. The molecule has 0 aromatic carbocycles. The molecule has 0 radical (unpaired) electrons. The first-order valence-corrected chi connectivity index (χ1v) is 6.29. The second-order valence-corrected chi connectivity index (χ2v) is 4.51. The molecule has 1 amide bonds. The molecule has 116 valence electrons. The van der Waals surface area contributed by atoms with E-state index in [1.807, 2.05) is 0 Å². The number of nitrogens with one attached hydrogen (secondary N) is 2. The normalized spacial score (nSPS) is 10.4. The Morgan fingerprint density at radius 2 is 2.10 bits per heavy atom. The van der Waals surface area contributed by atoms with Crippen molar-refractivity contribution in [2.45, 2.75) is 13.5 Å². The number of aryl methyl sites for hydroxylation is 1. The predicted molar refractivity (Wildman–Crippen MR) is 74.2 cm³/mol. The number of carboxylic acids is 1. The Morgan fingerprint density at radius 3 is 2.67 bits per heavy atom. The fraction of sp³-hybridized carbons (Fsp3) is 0.500. The zero-order chi connectivity index (χ0) is 16.0. The number of rotatable bonds is 7. The average molecular weight is 298 g/mol. The van der Waals surface area contributed by atoms with Crippen LogP contribution in [0.4, 0.5) is 0 Å². The number of likely N-dealkylation sites (N-methyl/N-ethyl adjacent to an activating group) is 1. The summed E-state index contributed by atoms with van der Waals surface area (Å²) in [5.41, 5.74) is -0.925. The molecule has 0 aliphatic rings. The van der Waals surface area contributed by atoms with Crippen molar-refractivity contribution in [1.82, 2.24) is 19.8 Å². The highest BCUT2D eigenvalue weighted by atomic mass is 16.4. The maximum atomic E-state index is 12.1. The summed E-state index contributed by atoms with van der Waals surface area (Å²) in [7, 11) is 1.68. The SMILES string of the molecule is CNCCN(CC(=O)O)C(=O)Cn1cc(C)c(=O)[nH]c1=O. The Balaban J connectivity index is 2.90. The van der Waals surface area contributed by atoms with Crippen LogP contribution in [0.15, 0.2) is 15.8 Å². The van der Waals surface area contributed by atoms with Crippen molar-refractivity contribution in [1.29, 1.82) is 0 Å². The van der Waals surface area contributed by atoms with E-state index in [0.717, 1.165) is 9.47 Å². The first-order chi connectivity index (χ1) is 9.85. The molecule has 1 heterocycles. The molecule has 0 aliphatic heterocycles. The van der Waals surface area contributed by atoms with Crippen LogP contribution in [-0.2, 0) is 16.1 Å². The van der Waals surface area contributed by atoms with Crippen LogP contribution in [0.25, 0.3) is 0 Å². The standard InChI is InChI=1S/C12H18N4O5/c1-8-5-16(12(21)14-11(8)20)6-9(17)15(4-3-13-2)7-10(18)19/h5,13H,3-4,6-7H2,1-2H3,(H,18,19)(H,14,20,21). The molecule has 0 unspecified atom stereocenters. The Labute approximate surface area is 120 Å². The minimum absolute atomic E-state index is 0.207. The molecule has 0 spiro atoms. The highest BCUT2D eigenvalue weighted by Gasteiger charge is 2.17. The molecular weight excluding hydrogens is 280 g/mol. The van der Waals surface area contributed by atoms with Gasteiger partial charge in [0.25, 0.3) is 5.56 Å². The van der Waals surface area contributed by atoms with E-state index in [2.05, 4.69) is 10.3 Å². The topological polar surface area (TPSA) is 124 Å². The fourth-order valence-electron chi connectivity index (χ4n) is 1.68. The van der Waals surface area contributed by atoms with E-state index in [-0.39, 0.29) is 13.1 Å². The van der Waals surface area contributed by atoms with Crippen LogP contribution < -0.4 is 16.6 Å².